The van der Waals surface area contributed by atoms with Crippen LogP contribution in [-0.2, 0) is 6.42 Å². The fourth-order valence-electron chi connectivity index (χ4n) is 1.07. The summed E-state index contributed by atoms with van der Waals surface area (Å²) in [7, 11) is 0. The van der Waals surface area contributed by atoms with Crippen LogP contribution in [-0.4, -0.2) is 11.2 Å². The van der Waals surface area contributed by atoms with Crippen molar-refractivity contribution in [3.63, 3.8) is 0 Å². The molecule has 0 unspecified atom stereocenters. The minimum absolute atomic E-state index is 0.247. The summed E-state index contributed by atoms with van der Waals surface area (Å²) in [6.07, 6.45) is 1.05. The second kappa shape index (κ2) is 4.72. The fourth-order valence-corrected chi connectivity index (χ4v) is 1.32. The molecule has 0 saturated heterocycles. The van der Waals surface area contributed by atoms with Gasteiger partial charge in [-0.15, -0.1) is 0 Å². The van der Waals surface area contributed by atoms with Crippen LogP contribution in [0.2, 0.25) is 0 Å². The smallest absolute Gasteiger partial charge is 0.137 e. The van der Waals surface area contributed by atoms with Crippen molar-refractivity contribution in [1.82, 2.24) is 0 Å². The Morgan fingerprint density at radius 3 is 2.77 bits per heavy atom. The van der Waals surface area contributed by atoms with Crippen LogP contribution in [0.4, 0.5) is 4.39 Å². The van der Waals surface area contributed by atoms with E-state index in [2.05, 4.69) is 15.9 Å². The van der Waals surface area contributed by atoms with E-state index in [1.165, 1.54) is 6.07 Å². The van der Waals surface area contributed by atoms with Crippen LogP contribution < -0.4 is 0 Å². The van der Waals surface area contributed by atoms with E-state index >= 15 is 0 Å². The summed E-state index contributed by atoms with van der Waals surface area (Å²) in [5.74, 6) is -0.247. The molecule has 1 atom stereocenters. The Hall–Kier alpha value is -0.410. The summed E-state index contributed by atoms with van der Waals surface area (Å²) < 4.78 is 13.5. The molecule has 0 bridgehead atoms. The molecule has 1 N–H and O–H groups in total. The van der Waals surface area contributed by atoms with Crippen molar-refractivity contribution >= 4 is 15.9 Å². The van der Waals surface area contributed by atoms with Crippen LogP contribution in [0.15, 0.2) is 22.7 Å². The molecule has 1 aromatic carbocycles. The van der Waals surface area contributed by atoms with E-state index in [9.17, 15) is 4.39 Å². The first-order valence-electron chi connectivity index (χ1n) is 4.21. The van der Waals surface area contributed by atoms with Crippen LogP contribution in [0.1, 0.15) is 18.9 Å². The molecule has 0 radical (unpaired) electrons. The number of hydrogen-bond donors (Lipinski definition) is 1. The molecule has 0 amide bonds. The summed E-state index contributed by atoms with van der Waals surface area (Å²) in [5.41, 5.74) is 0.918. The first-order chi connectivity index (χ1) is 6.09. The zero-order chi connectivity index (χ0) is 9.84. The summed E-state index contributed by atoms with van der Waals surface area (Å²) in [6.45, 7) is 1.73. The van der Waals surface area contributed by atoms with Gasteiger partial charge in [0.2, 0.25) is 0 Å². The van der Waals surface area contributed by atoms with Crippen molar-refractivity contribution in [1.29, 1.82) is 0 Å². The van der Waals surface area contributed by atoms with Crippen molar-refractivity contribution in [3.8, 4) is 0 Å². The molecule has 0 saturated carbocycles. The van der Waals surface area contributed by atoms with Crippen molar-refractivity contribution < 1.29 is 9.50 Å². The van der Waals surface area contributed by atoms with Crippen molar-refractivity contribution in [2.45, 2.75) is 25.9 Å². The number of aliphatic hydroxyl groups is 1. The highest BCUT2D eigenvalue weighted by molar-refractivity contribution is 9.10. The fraction of sp³-hybridized carbons (Fsp3) is 0.400. The molecule has 0 aliphatic heterocycles. The van der Waals surface area contributed by atoms with Gasteiger partial charge in [-0.05, 0) is 53.4 Å². The number of aliphatic hydroxyl groups excluding tert-OH is 1. The number of halogens is 2. The molecular weight excluding hydrogens is 235 g/mol. The third-order valence-corrected chi connectivity index (χ3v) is 2.48. The van der Waals surface area contributed by atoms with Crippen LogP contribution in [0.3, 0.4) is 0 Å². The first-order valence-corrected chi connectivity index (χ1v) is 5.01. The molecule has 0 heterocycles. The van der Waals surface area contributed by atoms with Gasteiger partial charge < -0.3 is 5.11 Å². The van der Waals surface area contributed by atoms with E-state index in [0.29, 0.717) is 17.3 Å². The van der Waals surface area contributed by atoms with Gasteiger partial charge in [0.25, 0.3) is 0 Å². The Kier molecular flexibility index (Phi) is 3.88. The van der Waals surface area contributed by atoms with Crippen molar-refractivity contribution in [2.75, 3.05) is 0 Å². The lowest BCUT2D eigenvalue weighted by Crippen LogP contribution is -2.01. The third-order valence-electron chi connectivity index (χ3n) is 1.83. The Bertz CT molecular complexity index is 286. The van der Waals surface area contributed by atoms with Gasteiger partial charge >= 0.3 is 0 Å². The Labute approximate surface area is 85.7 Å². The monoisotopic (exact) mass is 246 g/mol. The molecule has 1 nitrogen and oxygen atoms in total. The van der Waals surface area contributed by atoms with Gasteiger partial charge in [0.15, 0.2) is 0 Å². The van der Waals surface area contributed by atoms with E-state index in [0.717, 1.165) is 5.56 Å². The lowest BCUT2D eigenvalue weighted by atomic mass is 10.1. The second-order valence-electron chi connectivity index (χ2n) is 3.14. The average molecular weight is 247 g/mol. The Morgan fingerprint density at radius 2 is 2.23 bits per heavy atom. The SMILES string of the molecule is C[C@@H](O)CCc1ccc(Br)c(F)c1. The molecular formula is C10H12BrFO. The summed E-state index contributed by atoms with van der Waals surface area (Å²) in [4.78, 5) is 0. The van der Waals surface area contributed by atoms with Crippen LogP contribution in [0, 0.1) is 5.82 Å². The Morgan fingerprint density at radius 1 is 1.54 bits per heavy atom. The van der Waals surface area contributed by atoms with Gasteiger partial charge in [-0.2, -0.15) is 0 Å². The maximum Gasteiger partial charge on any atom is 0.137 e. The van der Waals surface area contributed by atoms with Gasteiger partial charge in [-0.1, -0.05) is 6.07 Å². The molecule has 1 aromatic rings. The van der Waals surface area contributed by atoms with E-state index in [4.69, 9.17) is 5.11 Å². The van der Waals surface area contributed by atoms with E-state index in [-0.39, 0.29) is 11.9 Å². The standard InChI is InChI=1S/C10H12BrFO/c1-7(13)2-3-8-4-5-9(11)10(12)6-8/h4-7,13H,2-3H2,1H3/t7-/m1/s1. The van der Waals surface area contributed by atoms with Crippen LogP contribution in [0.25, 0.3) is 0 Å². The lowest BCUT2D eigenvalue weighted by molar-refractivity contribution is 0.185. The maximum absolute atomic E-state index is 13.0. The molecule has 0 aliphatic carbocycles. The molecule has 13 heavy (non-hydrogen) atoms. The van der Waals surface area contributed by atoms with Gasteiger partial charge in [0, 0.05) is 0 Å². The van der Waals surface area contributed by atoms with Crippen LogP contribution >= 0.6 is 15.9 Å². The molecule has 0 aliphatic rings. The highest BCUT2D eigenvalue weighted by Gasteiger charge is 2.02. The quantitative estimate of drug-likeness (QED) is 0.870. The summed E-state index contributed by atoms with van der Waals surface area (Å²) >= 11 is 3.08. The van der Waals surface area contributed by atoms with Gasteiger partial charge in [-0.3, -0.25) is 0 Å². The number of rotatable bonds is 3. The van der Waals surface area contributed by atoms with Crippen molar-refractivity contribution in [3.05, 3.63) is 34.1 Å². The van der Waals surface area contributed by atoms with Gasteiger partial charge in [0.1, 0.15) is 5.82 Å². The van der Waals surface area contributed by atoms with Gasteiger partial charge in [0.05, 0.1) is 10.6 Å². The highest BCUT2D eigenvalue weighted by Crippen LogP contribution is 2.17. The van der Waals surface area contributed by atoms with E-state index in [1.807, 2.05) is 6.07 Å². The first kappa shape index (κ1) is 10.7. The molecule has 1 rings (SSSR count). The molecule has 3 heteroatoms. The number of aryl methyl sites for hydroxylation is 1. The summed E-state index contributed by atoms with van der Waals surface area (Å²) in [6, 6.07) is 5.04. The largest absolute Gasteiger partial charge is 0.393 e. The average Bonchev–Trinajstić information content (AvgIpc) is 2.07. The number of benzene rings is 1. The minimum Gasteiger partial charge on any atom is -0.393 e. The van der Waals surface area contributed by atoms with Crippen molar-refractivity contribution in [2.24, 2.45) is 0 Å². The lowest BCUT2D eigenvalue weighted by Gasteiger charge is -2.04. The minimum atomic E-state index is -0.327. The maximum atomic E-state index is 13.0. The zero-order valence-corrected chi connectivity index (χ0v) is 9.01. The zero-order valence-electron chi connectivity index (χ0n) is 7.43. The highest BCUT2D eigenvalue weighted by atomic mass is 79.9. The topological polar surface area (TPSA) is 20.2 Å². The Balaban J connectivity index is 2.63. The van der Waals surface area contributed by atoms with Crippen LogP contribution in [0.5, 0.6) is 0 Å². The predicted octanol–water partition coefficient (Wildman–Crippen LogP) is 2.90. The van der Waals surface area contributed by atoms with E-state index < -0.39 is 0 Å². The van der Waals surface area contributed by atoms with E-state index in [1.54, 1.807) is 13.0 Å². The second-order valence-corrected chi connectivity index (χ2v) is 3.99. The third kappa shape index (κ3) is 3.44. The van der Waals surface area contributed by atoms with Gasteiger partial charge in [-0.25, -0.2) is 4.39 Å². The predicted molar refractivity (Wildman–Crippen MR) is 54.1 cm³/mol. The molecule has 0 fully saturated rings. The molecule has 0 spiro atoms. The molecule has 72 valence electrons. The molecule has 0 aromatic heterocycles. The number of hydrogen-bond acceptors (Lipinski definition) is 1. The normalized spacial score (nSPS) is 12.9. The summed E-state index contributed by atoms with van der Waals surface area (Å²) in [5, 5.41) is 9.03.